The molecular weight excluding hydrogens is 272 g/mol. The molecule has 0 atom stereocenters. The molecule has 0 unspecified atom stereocenters. The summed E-state index contributed by atoms with van der Waals surface area (Å²) >= 11 is 3.38. The van der Waals surface area contributed by atoms with E-state index >= 15 is 0 Å². The van der Waals surface area contributed by atoms with Crippen molar-refractivity contribution in [1.82, 2.24) is 0 Å². The summed E-state index contributed by atoms with van der Waals surface area (Å²) in [5, 5.41) is 0. The van der Waals surface area contributed by atoms with E-state index in [-0.39, 0.29) is 6.61 Å². The van der Waals surface area contributed by atoms with E-state index in [0.717, 1.165) is 0 Å². The van der Waals surface area contributed by atoms with Crippen LogP contribution in [0.1, 0.15) is 13.8 Å². The molecule has 0 heterocycles. The molecule has 0 fully saturated rings. The molecule has 1 aromatic carbocycles. The van der Waals surface area contributed by atoms with Crippen LogP contribution in [0.3, 0.4) is 0 Å². The smallest absolute Gasteiger partial charge is 0.261 e. The second kappa shape index (κ2) is 6.89. The third-order valence-electron chi connectivity index (χ3n) is 1.80. The van der Waals surface area contributed by atoms with Crippen LogP contribution in [-0.4, -0.2) is 24.5 Å². The Bertz CT molecular complexity index is 284. The Hall–Kier alpha value is -0.580. The molecule has 0 bridgehead atoms. The fraction of sp³-hybridized carbons (Fsp3) is 0.500. The lowest BCUT2D eigenvalue weighted by Crippen LogP contribution is -2.35. The van der Waals surface area contributed by atoms with Gasteiger partial charge in [0.1, 0.15) is 5.75 Å². The van der Waals surface area contributed by atoms with Crippen molar-refractivity contribution in [3.63, 3.8) is 0 Å². The predicted molar refractivity (Wildman–Crippen MR) is 65.7 cm³/mol. The number of para-hydroxylation sites is 1. The molecule has 0 aliphatic rings. The molecule has 0 saturated carbocycles. The van der Waals surface area contributed by atoms with Crippen LogP contribution in [-0.2, 0) is 9.47 Å². The minimum atomic E-state index is -0.875. The SMILES string of the molecule is CCOC(Br)(COc1[c]cccc1)OCC. The van der Waals surface area contributed by atoms with Gasteiger partial charge in [-0.3, -0.25) is 0 Å². The van der Waals surface area contributed by atoms with Crippen LogP contribution in [0, 0.1) is 6.07 Å². The molecule has 1 aromatic rings. The predicted octanol–water partition coefficient (Wildman–Crippen LogP) is 2.99. The zero-order chi connectivity index (χ0) is 11.9. The highest BCUT2D eigenvalue weighted by Gasteiger charge is 2.28. The zero-order valence-electron chi connectivity index (χ0n) is 9.53. The quantitative estimate of drug-likeness (QED) is 0.570. The number of halogens is 1. The maximum Gasteiger partial charge on any atom is 0.261 e. The lowest BCUT2D eigenvalue weighted by Gasteiger charge is -2.26. The van der Waals surface area contributed by atoms with Crippen LogP contribution in [0.2, 0.25) is 0 Å². The van der Waals surface area contributed by atoms with Gasteiger partial charge in [0.2, 0.25) is 0 Å². The van der Waals surface area contributed by atoms with Crippen molar-refractivity contribution in [2.24, 2.45) is 0 Å². The number of alkyl halides is 1. The van der Waals surface area contributed by atoms with Gasteiger partial charge < -0.3 is 14.2 Å². The summed E-state index contributed by atoms with van der Waals surface area (Å²) in [4.78, 5) is 0. The number of hydrogen-bond acceptors (Lipinski definition) is 3. The third kappa shape index (κ3) is 4.51. The maximum atomic E-state index is 5.52. The molecule has 89 valence electrons. The number of rotatable bonds is 7. The first-order chi connectivity index (χ1) is 7.70. The number of ether oxygens (including phenoxy) is 3. The Kier molecular flexibility index (Phi) is 5.80. The van der Waals surface area contributed by atoms with E-state index in [2.05, 4.69) is 22.0 Å². The van der Waals surface area contributed by atoms with E-state index in [9.17, 15) is 0 Å². The first-order valence-electron chi connectivity index (χ1n) is 5.26. The van der Waals surface area contributed by atoms with Gasteiger partial charge in [-0.25, -0.2) is 0 Å². The summed E-state index contributed by atoms with van der Waals surface area (Å²) in [6.07, 6.45) is 0. The average Bonchev–Trinajstić information content (AvgIpc) is 2.29. The molecule has 1 radical (unpaired) electrons. The van der Waals surface area contributed by atoms with Crippen molar-refractivity contribution >= 4 is 15.9 Å². The van der Waals surface area contributed by atoms with Crippen LogP contribution < -0.4 is 4.74 Å². The second-order valence-corrected chi connectivity index (χ2v) is 4.25. The summed E-state index contributed by atoms with van der Waals surface area (Å²) in [6, 6.07) is 10.4. The Morgan fingerprint density at radius 1 is 1.25 bits per heavy atom. The Labute approximate surface area is 105 Å². The van der Waals surface area contributed by atoms with Crippen molar-refractivity contribution < 1.29 is 14.2 Å². The first kappa shape index (κ1) is 13.5. The second-order valence-electron chi connectivity index (χ2n) is 3.04. The normalized spacial score (nSPS) is 11.4. The molecular formula is C12H16BrO3. The lowest BCUT2D eigenvalue weighted by molar-refractivity contribution is -0.175. The molecule has 4 heteroatoms. The zero-order valence-corrected chi connectivity index (χ0v) is 11.1. The van der Waals surface area contributed by atoms with E-state index in [4.69, 9.17) is 14.2 Å². The first-order valence-corrected chi connectivity index (χ1v) is 6.06. The molecule has 0 aliphatic heterocycles. The summed E-state index contributed by atoms with van der Waals surface area (Å²) in [5.41, 5.74) is 0. The highest BCUT2D eigenvalue weighted by Crippen LogP contribution is 2.23. The Morgan fingerprint density at radius 2 is 1.94 bits per heavy atom. The highest BCUT2D eigenvalue weighted by atomic mass is 79.9. The minimum Gasteiger partial charge on any atom is -0.486 e. The Morgan fingerprint density at radius 3 is 2.44 bits per heavy atom. The third-order valence-corrected chi connectivity index (χ3v) is 2.49. The van der Waals surface area contributed by atoms with E-state index in [0.29, 0.717) is 19.0 Å². The van der Waals surface area contributed by atoms with Crippen molar-refractivity contribution in [1.29, 1.82) is 0 Å². The van der Waals surface area contributed by atoms with Crippen molar-refractivity contribution in [2.75, 3.05) is 19.8 Å². The minimum absolute atomic E-state index is 0.273. The van der Waals surface area contributed by atoms with Gasteiger partial charge in [0.25, 0.3) is 4.70 Å². The fourth-order valence-corrected chi connectivity index (χ4v) is 1.76. The molecule has 3 nitrogen and oxygen atoms in total. The number of benzene rings is 1. The van der Waals surface area contributed by atoms with Gasteiger partial charge in [0.05, 0.1) is 0 Å². The van der Waals surface area contributed by atoms with Crippen LogP contribution >= 0.6 is 15.9 Å². The molecule has 0 N–H and O–H groups in total. The summed E-state index contributed by atoms with van der Waals surface area (Å²) in [6.45, 7) is 5.18. The van der Waals surface area contributed by atoms with Gasteiger partial charge in [-0.05, 0) is 35.8 Å². The monoisotopic (exact) mass is 287 g/mol. The van der Waals surface area contributed by atoms with E-state index in [1.165, 1.54) is 0 Å². The summed E-state index contributed by atoms with van der Waals surface area (Å²) in [5.74, 6) is 0.672. The van der Waals surface area contributed by atoms with E-state index in [1.54, 1.807) is 6.07 Å². The molecule has 16 heavy (non-hydrogen) atoms. The van der Waals surface area contributed by atoms with Gasteiger partial charge in [-0.2, -0.15) is 0 Å². The van der Waals surface area contributed by atoms with Crippen molar-refractivity contribution in [3.05, 3.63) is 30.3 Å². The van der Waals surface area contributed by atoms with Crippen LogP contribution in [0.4, 0.5) is 0 Å². The van der Waals surface area contributed by atoms with Gasteiger partial charge in [-0.1, -0.05) is 18.2 Å². The molecule has 1 rings (SSSR count). The molecule has 0 amide bonds. The molecule has 0 aliphatic carbocycles. The van der Waals surface area contributed by atoms with Crippen LogP contribution in [0.5, 0.6) is 5.75 Å². The number of hydrogen-bond donors (Lipinski definition) is 0. The lowest BCUT2D eigenvalue weighted by atomic mass is 10.3. The average molecular weight is 288 g/mol. The highest BCUT2D eigenvalue weighted by molar-refractivity contribution is 9.10. The topological polar surface area (TPSA) is 27.7 Å². The van der Waals surface area contributed by atoms with E-state index < -0.39 is 4.70 Å². The van der Waals surface area contributed by atoms with Crippen molar-refractivity contribution in [3.8, 4) is 5.75 Å². The fourth-order valence-electron chi connectivity index (χ4n) is 1.19. The standard InChI is InChI=1S/C12H16BrO3/c1-3-15-12(13,16-4-2)10-14-11-8-6-5-7-9-11/h5-8H,3-4,10H2,1-2H3. The molecule has 0 saturated heterocycles. The van der Waals surface area contributed by atoms with E-state index in [1.807, 2.05) is 32.0 Å². The summed E-state index contributed by atoms with van der Waals surface area (Å²) in [7, 11) is 0. The van der Waals surface area contributed by atoms with Crippen molar-refractivity contribution in [2.45, 2.75) is 18.5 Å². The maximum absolute atomic E-state index is 5.52. The molecule has 0 spiro atoms. The van der Waals surface area contributed by atoms with Gasteiger partial charge in [-0.15, -0.1) is 0 Å². The van der Waals surface area contributed by atoms with Crippen LogP contribution in [0.15, 0.2) is 24.3 Å². The van der Waals surface area contributed by atoms with Crippen LogP contribution in [0.25, 0.3) is 0 Å². The largest absolute Gasteiger partial charge is 0.486 e. The van der Waals surface area contributed by atoms with Gasteiger partial charge in [0, 0.05) is 19.3 Å². The summed E-state index contributed by atoms with van der Waals surface area (Å²) < 4.78 is 15.5. The Balaban J connectivity index is 2.49. The molecule has 0 aromatic heterocycles. The van der Waals surface area contributed by atoms with Gasteiger partial charge in [0.15, 0.2) is 6.61 Å². The van der Waals surface area contributed by atoms with Gasteiger partial charge >= 0.3 is 0 Å².